The fourth-order valence-electron chi connectivity index (χ4n) is 3.83. The Morgan fingerprint density at radius 2 is 1.82 bits per heavy atom. The maximum Gasteiger partial charge on any atom is 0.303 e. The van der Waals surface area contributed by atoms with Gasteiger partial charge in [0.1, 0.15) is 0 Å². The Balaban J connectivity index is 2.00. The van der Waals surface area contributed by atoms with E-state index in [4.69, 9.17) is 9.72 Å². The summed E-state index contributed by atoms with van der Waals surface area (Å²) in [5.41, 5.74) is 2.45. The van der Waals surface area contributed by atoms with Crippen LogP contribution < -0.4 is 0 Å². The molecule has 0 fully saturated rings. The first-order chi connectivity index (χ1) is 13.5. The van der Waals surface area contributed by atoms with Crippen LogP contribution in [-0.4, -0.2) is 20.9 Å². The molecule has 4 rings (SSSR count). The summed E-state index contributed by atoms with van der Waals surface area (Å²) in [6.07, 6.45) is 2.40. The highest BCUT2D eigenvalue weighted by atomic mass is 16.6. The standard InChI is InChI=1S/C23H23N3O2/c1-15(2)13-23(28-16(3)27,17-9-5-4-6-10-17)22-25-20-14-24-19-12-8-7-11-18(19)21(20)26-22/h4-12,14-15H,13H2,1-3H3,(H,25,26). The van der Waals surface area contributed by atoms with Crippen LogP contribution in [0.4, 0.5) is 0 Å². The number of aromatic nitrogens is 3. The summed E-state index contributed by atoms with van der Waals surface area (Å²) in [7, 11) is 0. The molecular weight excluding hydrogens is 350 g/mol. The van der Waals surface area contributed by atoms with E-state index < -0.39 is 5.60 Å². The van der Waals surface area contributed by atoms with Gasteiger partial charge in [-0.1, -0.05) is 62.4 Å². The van der Waals surface area contributed by atoms with E-state index in [-0.39, 0.29) is 11.9 Å². The number of H-pyrrole nitrogens is 1. The number of nitrogens with one attached hydrogen (secondary N) is 1. The highest BCUT2D eigenvalue weighted by molar-refractivity contribution is 6.01. The highest BCUT2D eigenvalue weighted by Gasteiger charge is 2.41. The quantitative estimate of drug-likeness (QED) is 0.502. The molecule has 1 unspecified atom stereocenters. The second-order valence-corrected chi connectivity index (χ2v) is 7.51. The summed E-state index contributed by atoms with van der Waals surface area (Å²) in [4.78, 5) is 25.0. The fraction of sp³-hybridized carbons (Fsp3) is 0.261. The molecular formula is C23H23N3O2. The zero-order valence-corrected chi connectivity index (χ0v) is 16.3. The molecule has 0 radical (unpaired) electrons. The second kappa shape index (κ2) is 7.08. The molecule has 0 aliphatic heterocycles. The number of hydrogen-bond acceptors (Lipinski definition) is 4. The molecule has 1 atom stereocenters. The molecule has 5 nitrogen and oxygen atoms in total. The van der Waals surface area contributed by atoms with Crippen molar-refractivity contribution in [1.29, 1.82) is 0 Å². The number of hydrogen-bond donors (Lipinski definition) is 1. The lowest BCUT2D eigenvalue weighted by Crippen LogP contribution is -2.36. The molecule has 5 heteroatoms. The minimum Gasteiger partial charge on any atom is -0.446 e. The van der Waals surface area contributed by atoms with Gasteiger partial charge < -0.3 is 9.72 Å². The topological polar surface area (TPSA) is 67.9 Å². The summed E-state index contributed by atoms with van der Waals surface area (Å²) < 4.78 is 6.01. The van der Waals surface area contributed by atoms with Crippen molar-refractivity contribution in [3.8, 4) is 0 Å². The molecule has 0 aliphatic carbocycles. The van der Waals surface area contributed by atoms with Gasteiger partial charge in [0, 0.05) is 24.3 Å². The Morgan fingerprint density at radius 1 is 1.11 bits per heavy atom. The molecule has 2 heterocycles. The van der Waals surface area contributed by atoms with Gasteiger partial charge in [-0.05, 0) is 12.0 Å². The second-order valence-electron chi connectivity index (χ2n) is 7.51. The zero-order valence-electron chi connectivity index (χ0n) is 16.3. The molecule has 0 saturated heterocycles. The van der Waals surface area contributed by atoms with Gasteiger partial charge in [-0.2, -0.15) is 0 Å². The summed E-state index contributed by atoms with van der Waals surface area (Å²) in [6.45, 7) is 5.67. The van der Waals surface area contributed by atoms with Gasteiger partial charge in [-0.15, -0.1) is 0 Å². The zero-order chi connectivity index (χ0) is 19.7. The molecule has 1 N–H and O–H groups in total. The van der Waals surface area contributed by atoms with Crippen LogP contribution in [0.5, 0.6) is 0 Å². The van der Waals surface area contributed by atoms with Crippen LogP contribution in [0.3, 0.4) is 0 Å². The molecule has 2 aromatic heterocycles. The number of pyridine rings is 1. The van der Waals surface area contributed by atoms with Gasteiger partial charge in [0.25, 0.3) is 0 Å². The Labute approximate surface area is 163 Å². The smallest absolute Gasteiger partial charge is 0.303 e. The summed E-state index contributed by atoms with van der Waals surface area (Å²) >= 11 is 0. The van der Waals surface area contributed by atoms with Gasteiger partial charge >= 0.3 is 5.97 Å². The number of aromatic amines is 1. The van der Waals surface area contributed by atoms with E-state index >= 15 is 0 Å². The number of rotatable bonds is 5. The van der Waals surface area contributed by atoms with Gasteiger partial charge in [-0.3, -0.25) is 9.78 Å². The van der Waals surface area contributed by atoms with Crippen LogP contribution in [-0.2, 0) is 15.1 Å². The van der Waals surface area contributed by atoms with Crippen molar-refractivity contribution in [2.75, 3.05) is 0 Å². The predicted molar refractivity (Wildman–Crippen MR) is 110 cm³/mol. The van der Waals surface area contributed by atoms with E-state index in [1.807, 2.05) is 54.6 Å². The Bertz CT molecular complexity index is 1130. The number of benzene rings is 2. The fourth-order valence-corrected chi connectivity index (χ4v) is 3.83. The number of fused-ring (bicyclic) bond motifs is 3. The number of nitrogens with zero attached hydrogens (tertiary/aromatic N) is 2. The SMILES string of the molecule is CC(=O)OC(CC(C)C)(c1ccccc1)c1nc2c(cnc3ccccc32)[nH]1. The highest BCUT2D eigenvalue weighted by Crippen LogP contribution is 2.39. The lowest BCUT2D eigenvalue weighted by Gasteiger charge is -2.33. The third-order valence-corrected chi connectivity index (χ3v) is 4.86. The van der Waals surface area contributed by atoms with Crippen molar-refractivity contribution in [1.82, 2.24) is 15.0 Å². The van der Waals surface area contributed by atoms with E-state index in [0.717, 1.165) is 27.5 Å². The van der Waals surface area contributed by atoms with Crippen LogP contribution >= 0.6 is 0 Å². The minimum absolute atomic E-state index is 0.280. The minimum atomic E-state index is -0.985. The third kappa shape index (κ3) is 3.13. The molecule has 0 spiro atoms. The van der Waals surface area contributed by atoms with Crippen LogP contribution in [0, 0.1) is 5.92 Å². The first-order valence-electron chi connectivity index (χ1n) is 9.48. The lowest BCUT2D eigenvalue weighted by atomic mass is 9.84. The number of carbonyl (C=O) groups excluding carboxylic acids is 1. The summed E-state index contributed by atoms with van der Waals surface area (Å²) in [5, 5.41) is 0.969. The van der Waals surface area contributed by atoms with Crippen molar-refractivity contribution in [2.45, 2.75) is 32.8 Å². The van der Waals surface area contributed by atoms with E-state index in [2.05, 4.69) is 23.8 Å². The van der Waals surface area contributed by atoms with Gasteiger partial charge in [-0.25, -0.2) is 4.98 Å². The van der Waals surface area contributed by atoms with Crippen LogP contribution in [0.15, 0.2) is 60.8 Å². The molecule has 0 aliphatic rings. The number of para-hydroxylation sites is 1. The first kappa shape index (κ1) is 18.2. The van der Waals surface area contributed by atoms with E-state index in [9.17, 15) is 4.79 Å². The maximum atomic E-state index is 12.1. The normalized spacial score (nSPS) is 13.7. The van der Waals surface area contributed by atoms with Crippen molar-refractivity contribution < 1.29 is 9.53 Å². The van der Waals surface area contributed by atoms with E-state index in [1.165, 1.54) is 6.92 Å². The molecule has 28 heavy (non-hydrogen) atoms. The molecule has 142 valence electrons. The third-order valence-electron chi connectivity index (χ3n) is 4.86. The molecule has 4 aromatic rings. The van der Waals surface area contributed by atoms with Crippen LogP contribution in [0.2, 0.25) is 0 Å². The average Bonchev–Trinajstić information content (AvgIpc) is 3.13. The maximum absolute atomic E-state index is 12.1. The number of carbonyl (C=O) groups is 1. The summed E-state index contributed by atoms with van der Waals surface area (Å²) in [5.74, 6) is 0.561. The number of ether oxygens (including phenoxy) is 1. The Hall–Kier alpha value is -3.21. The summed E-state index contributed by atoms with van der Waals surface area (Å²) in [6, 6.07) is 17.7. The molecule has 2 aromatic carbocycles. The predicted octanol–water partition coefficient (Wildman–Crippen LogP) is 4.96. The van der Waals surface area contributed by atoms with Crippen molar-refractivity contribution in [3.05, 3.63) is 72.2 Å². The first-order valence-corrected chi connectivity index (χ1v) is 9.48. The number of imidazole rings is 1. The van der Waals surface area contributed by atoms with Gasteiger partial charge in [0.2, 0.25) is 0 Å². The Kier molecular flexibility index (Phi) is 4.59. The lowest BCUT2D eigenvalue weighted by molar-refractivity contribution is -0.156. The average molecular weight is 373 g/mol. The van der Waals surface area contributed by atoms with Crippen LogP contribution in [0.25, 0.3) is 21.9 Å². The largest absolute Gasteiger partial charge is 0.446 e. The van der Waals surface area contributed by atoms with Crippen LogP contribution in [0.1, 0.15) is 38.6 Å². The van der Waals surface area contributed by atoms with Crippen molar-refractivity contribution in [3.63, 3.8) is 0 Å². The van der Waals surface area contributed by atoms with Crippen molar-refractivity contribution in [2.24, 2.45) is 5.92 Å². The molecule has 0 saturated carbocycles. The Morgan fingerprint density at radius 3 is 2.54 bits per heavy atom. The van der Waals surface area contributed by atoms with E-state index in [0.29, 0.717) is 12.2 Å². The van der Waals surface area contributed by atoms with Crippen molar-refractivity contribution >= 4 is 27.9 Å². The molecule has 0 amide bonds. The van der Waals surface area contributed by atoms with Gasteiger partial charge in [0.05, 0.1) is 22.7 Å². The van der Waals surface area contributed by atoms with E-state index in [1.54, 1.807) is 6.20 Å². The molecule has 0 bridgehead atoms. The monoisotopic (exact) mass is 373 g/mol. The number of esters is 1. The van der Waals surface area contributed by atoms with Gasteiger partial charge in [0.15, 0.2) is 11.4 Å².